The van der Waals surface area contributed by atoms with E-state index in [4.69, 9.17) is 9.47 Å². The van der Waals surface area contributed by atoms with Gasteiger partial charge >= 0.3 is 5.97 Å². The number of hydrogen-bond donors (Lipinski definition) is 0. The molecule has 25 heavy (non-hydrogen) atoms. The minimum atomic E-state index is -0.312. The van der Waals surface area contributed by atoms with E-state index in [0.29, 0.717) is 12.2 Å². The molecule has 0 aliphatic carbocycles. The van der Waals surface area contributed by atoms with Crippen LogP contribution in [0, 0.1) is 0 Å². The molecule has 4 heteroatoms. The molecule has 0 spiro atoms. The number of carbonyl (C=O) groups is 1. The molecule has 0 atom stereocenters. The van der Waals surface area contributed by atoms with Gasteiger partial charge in [-0.15, -0.1) is 0 Å². The largest absolute Gasteiger partial charge is 0.497 e. The Morgan fingerprint density at radius 2 is 1.68 bits per heavy atom. The topological polar surface area (TPSA) is 40.5 Å². The molecule has 0 unspecified atom stereocenters. The lowest BCUT2D eigenvalue weighted by Crippen LogP contribution is -2.07. The van der Waals surface area contributed by atoms with Gasteiger partial charge in [0.1, 0.15) is 5.75 Å². The van der Waals surface area contributed by atoms with Crippen molar-refractivity contribution in [1.29, 1.82) is 0 Å². The Bertz CT molecular complexity index is 864. The second-order valence-corrected chi connectivity index (χ2v) is 5.69. The van der Waals surface area contributed by atoms with Crippen LogP contribution < -0.4 is 4.74 Å². The zero-order valence-corrected chi connectivity index (χ0v) is 14.7. The number of esters is 1. The summed E-state index contributed by atoms with van der Waals surface area (Å²) in [5.74, 6) is 0.465. The molecular weight excluding hydrogens is 314 g/mol. The van der Waals surface area contributed by atoms with Crippen LogP contribution in [0.5, 0.6) is 5.75 Å². The molecule has 1 heterocycles. The minimum Gasteiger partial charge on any atom is -0.497 e. The molecule has 2 aromatic carbocycles. The summed E-state index contributed by atoms with van der Waals surface area (Å²) in [6, 6.07) is 17.6. The summed E-state index contributed by atoms with van der Waals surface area (Å²) >= 11 is 0. The number of methoxy groups -OCH3 is 1. The van der Waals surface area contributed by atoms with Crippen molar-refractivity contribution in [3.8, 4) is 28.1 Å². The fraction of sp³-hybridized carbons (Fsp3) is 0.190. The molecule has 0 radical (unpaired) electrons. The predicted molar refractivity (Wildman–Crippen MR) is 98.8 cm³/mol. The average molecular weight is 335 g/mol. The normalized spacial score (nSPS) is 10.5. The fourth-order valence-corrected chi connectivity index (χ4v) is 2.97. The fourth-order valence-electron chi connectivity index (χ4n) is 2.97. The molecule has 0 N–H and O–H groups in total. The van der Waals surface area contributed by atoms with Crippen molar-refractivity contribution in [1.82, 2.24) is 4.57 Å². The van der Waals surface area contributed by atoms with E-state index in [1.165, 1.54) is 0 Å². The van der Waals surface area contributed by atoms with E-state index in [1.54, 1.807) is 7.11 Å². The maximum absolute atomic E-state index is 12.7. The lowest BCUT2D eigenvalue weighted by Gasteiger charge is -2.10. The number of nitrogens with zero attached hydrogens (tertiary/aromatic N) is 1. The number of benzene rings is 2. The maximum atomic E-state index is 12.7. The number of carbonyl (C=O) groups excluding carboxylic acids is 1. The molecular formula is C21H21NO3. The zero-order chi connectivity index (χ0) is 17.8. The lowest BCUT2D eigenvalue weighted by molar-refractivity contribution is 0.0528. The molecule has 0 bridgehead atoms. The van der Waals surface area contributed by atoms with Crippen molar-refractivity contribution >= 4 is 5.97 Å². The highest BCUT2D eigenvalue weighted by atomic mass is 16.5. The molecule has 0 saturated carbocycles. The molecule has 0 saturated heterocycles. The highest BCUT2D eigenvalue weighted by Crippen LogP contribution is 2.35. The lowest BCUT2D eigenvalue weighted by atomic mass is 10.00. The number of hydrogen-bond acceptors (Lipinski definition) is 3. The summed E-state index contributed by atoms with van der Waals surface area (Å²) in [7, 11) is 3.57. The summed E-state index contributed by atoms with van der Waals surface area (Å²) in [6.45, 7) is 2.15. The highest BCUT2D eigenvalue weighted by molar-refractivity contribution is 6.03. The standard InChI is InChI=1S/C21H21NO3/c1-4-25-21(23)19-18(15-8-6-5-7-9-15)14-22(2)20(19)16-10-12-17(24-3)13-11-16/h5-14H,4H2,1-3H3. The SMILES string of the molecule is CCOC(=O)c1c(-c2ccccc2)cn(C)c1-c1ccc(OC)cc1. The summed E-state index contributed by atoms with van der Waals surface area (Å²) in [6.07, 6.45) is 1.97. The van der Waals surface area contributed by atoms with Gasteiger partial charge in [-0.1, -0.05) is 30.3 Å². The van der Waals surface area contributed by atoms with E-state index >= 15 is 0 Å². The van der Waals surface area contributed by atoms with Crippen LogP contribution in [0.4, 0.5) is 0 Å². The Hall–Kier alpha value is -3.01. The van der Waals surface area contributed by atoms with Gasteiger partial charge in [0, 0.05) is 18.8 Å². The highest BCUT2D eigenvalue weighted by Gasteiger charge is 2.24. The van der Waals surface area contributed by atoms with Crippen molar-refractivity contribution < 1.29 is 14.3 Å². The molecule has 0 fully saturated rings. The first-order valence-electron chi connectivity index (χ1n) is 8.22. The molecule has 3 aromatic rings. The van der Waals surface area contributed by atoms with Crippen molar-refractivity contribution in [2.24, 2.45) is 7.05 Å². The van der Waals surface area contributed by atoms with Crippen LogP contribution >= 0.6 is 0 Å². The molecule has 4 nitrogen and oxygen atoms in total. The summed E-state index contributed by atoms with van der Waals surface area (Å²) in [5, 5.41) is 0. The van der Waals surface area contributed by atoms with Gasteiger partial charge in [-0.05, 0) is 42.3 Å². The van der Waals surface area contributed by atoms with E-state index in [-0.39, 0.29) is 5.97 Å². The molecule has 128 valence electrons. The van der Waals surface area contributed by atoms with Crippen molar-refractivity contribution in [2.45, 2.75) is 6.92 Å². The quantitative estimate of drug-likeness (QED) is 0.643. The van der Waals surface area contributed by atoms with Crippen LogP contribution in [0.25, 0.3) is 22.4 Å². The number of aromatic nitrogens is 1. The third kappa shape index (κ3) is 3.29. The molecule has 0 amide bonds. The van der Waals surface area contributed by atoms with Crippen LogP contribution in [-0.4, -0.2) is 24.3 Å². The number of ether oxygens (including phenoxy) is 2. The summed E-state index contributed by atoms with van der Waals surface area (Å²) < 4.78 is 12.5. The molecule has 0 aliphatic rings. The van der Waals surface area contributed by atoms with Crippen LogP contribution in [0.1, 0.15) is 17.3 Å². The van der Waals surface area contributed by atoms with Gasteiger partial charge in [-0.2, -0.15) is 0 Å². The summed E-state index contributed by atoms with van der Waals surface area (Å²) in [4.78, 5) is 12.7. The molecule has 1 aromatic heterocycles. The Balaban J connectivity index is 2.20. The predicted octanol–water partition coefficient (Wildman–Crippen LogP) is 4.54. The Morgan fingerprint density at radius 3 is 2.28 bits per heavy atom. The van der Waals surface area contributed by atoms with Gasteiger partial charge in [0.15, 0.2) is 0 Å². The van der Waals surface area contributed by atoms with Crippen LogP contribution in [0.2, 0.25) is 0 Å². The zero-order valence-electron chi connectivity index (χ0n) is 14.7. The minimum absolute atomic E-state index is 0.312. The molecule has 3 rings (SSSR count). The van der Waals surface area contributed by atoms with Crippen LogP contribution in [0.3, 0.4) is 0 Å². The van der Waals surface area contributed by atoms with Crippen molar-refractivity contribution in [3.63, 3.8) is 0 Å². The first-order chi connectivity index (χ1) is 12.2. The van der Waals surface area contributed by atoms with Crippen LogP contribution in [0.15, 0.2) is 60.8 Å². The van der Waals surface area contributed by atoms with Gasteiger partial charge in [-0.25, -0.2) is 4.79 Å². The average Bonchev–Trinajstić information content (AvgIpc) is 3.00. The smallest absolute Gasteiger partial charge is 0.340 e. The number of aryl methyl sites for hydroxylation is 1. The monoisotopic (exact) mass is 335 g/mol. The van der Waals surface area contributed by atoms with E-state index in [2.05, 4.69) is 0 Å². The Kier molecular flexibility index (Phi) is 4.89. The molecule has 0 aliphatic heterocycles. The maximum Gasteiger partial charge on any atom is 0.340 e. The van der Waals surface area contributed by atoms with E-state index in [1.807, 2.05) is 79.3 Å². The van der Waals surface area contributed by atoms with Crippen molar-refractivity contribution in [3.05, 3.63) is 66.4 Å². The van der Waals surface area contributed by atoms with Gasteiger partial charge in [0.05, 0.1) is 25.0 Å². The van der Waals surface area contributed by atoms with Crippen molar-refractivity contribution in [2.75, 3.05) is 13.7 Å². The third-order valence-corrected chi connectivity index (χ3v) is 4.11. The first kappa shape index (κ1) is 16.8. The third-order valence-electron chi connectivity index (χ3n) is 4.11. The Morgan fingerprint density at radius 1 is 1.00 bits per heavy atom. The van der Waals surface area contributed by atoms with E-state index < -0.39 is 0 Å². The van der Waals surface area contributed by atoms with Gasteiger partial charge < -0.3 is 14.0 Å². The second kappa shape index (κ2) is 7.26. The summed E-state index contributed by atoms with van der Waals surface area (Å²) in [5.41, 5.74) is 4.21. The Labute approximate surface area is 147 Å². The second-order valence-electron chi connectivity index (χ2n) is 5.69. The van der Waals surface area contributed by atoms with Gasteiger partial charge in [0.2, 0.25) is 0 Å². The van der Waals surface area contributed by atoms with E-state index in [0.717, 1.165) is 28.1 Å². The van der Waals surface area contributed by atoms with Crippen LogP contribution in [-0.2, 0) is 11.8 Å². The number of rotatable bonds is 5. The first-order valence-corrected chi connectivity index (χ1v) is 8.22. The van der Waals surface area contributed by atoms with Gasteiger partial charge in [-0.3, -0.25) is 0 Å². The van der Waals surface area contributed by atoms with Gasteiger partial charge in [0.25, 0.3) is 0 Å². The van der Waals surface area contributed by atoms with E-state index in [9.17, 15) is 4.79 Å².